The van der Waals surface area contributed by atoms with Crippen LogP contribution in [0.15, 0.2) is 53.5 Å². The Morgan fingerprint density at radius 1 is 1.03 bits per heavy atom. The van der Waals surface area contributed by atoms with Gasteiger partial charge in [0.15, 0.2) is 11.2 Å². The number of H-pyrrole nitrogens is 1. The van der Waals surface area contributed by atoms with Gasteiger partial charge in [-0.15, -0.1) is 0 Å². The fourth-order valence-electron chi connectivity index (χ4n) is 3.05. The Morgan fingerprint density at radius 3 is 2.45 bits per heavy atom. The standard InChI is InChI=1S/C21H15ClN4O3/c1-11-8-13(9-15(22)24-11)17-16(12-6-4-3-5-7-12)26-20-18(25-17)19(27)14(10-23-20)21(28)29-2/h3-10H,1-2H3,(H,23,26,27). The van der Waals surface area contributed by atoms with Gasteiger partial charge < -0.3 is 9.72 Å². The van der Waals surface area contributed by atoms with Gasteiger partial charge in [-0.3, -0.25) is 4.79 Å². The summed E-state index contributed by atoms with van der Waals surface area (Å²) >= 11 is 6.15. The third-order valence-electron chi connectivity index (χ3n) is 4.36. The molecule has 3 heterocycles. The molecule has 1 aromatic carbocycles. The highest BCUT2D eigenvalue weighted by atomic mass is 35.5. The summed E-state index contributed by atoms with van der Waals surface area (Å²) in [6.45, 7) is 1.81. The average molecular weight is 407 g/mol. The molecule has 3 aromatic heterocycles. The molecular weight excluding hydrogens is 392 g/mol. The number of pyridine rings is 2. The van der Waals surface area contributed by atoms with Crippen LogP contribution in [0, 0.1) is 6.92 Å². The topological polar surface area (TPSA) is 97.8 Å². The highest BCUT2D eigenvalue weighted by Crippen LogP contribution is 2.31. The number of halogens is 1. The van der Waals surface area contributed by atoms with Crippen molar-refractivity contribution in [2.45, 2.75) is 6.92 Å². The largest absolute Gasteiger partial charge is 0.465 e. The lowest BCUT2D eigenvalue weighted by Crippen LogP contribution is -2.18. The van der Waals surface area contributed by atoms with E-state index in [0.717, 1.165) is 5.56 Å². The Hall–Kier alpha value is -3.58. The molecule has 0 aliphatic heterocycles. The summed E-state index contributed by atoms with van der Waals surface area (Å²) in [5.74, 6) is -0.744. The van der Waals surface area contributed by atoms with E-state index in [-0.39, 0.29) is 16.7 Å². The van der Waals surface area contributed by atoms with Crippen molar-refractivity contribution in [2.24, 2.45) is 0 Å². The van der Waals surface area contributed by atoms with Crippen molar-refractivity contribution < 1.29 is 9.53 Å². The second kappa shape index (κ2) is 7.44. The van der Waals surface area contributed by atoms with Gasteiger partial charge in [0.05, 0.1) is 18.5 Å². The van der Waals surface area contributed by atoms with Crippen LogP contribution in [-0.2, 0) is 4.74 Å². The second-order valence-electron chi connectivity index (χ2n) is 6.33. The number of aromatic amines is 1. The molecule has 0 aliphatic rings. The van der Waals surface area contributed by atoms with Crippen molar-refractivity contribution in [1.29, 1.82) is 0 Å². The third kappa shape index (κ3) is 3.48. The number of hydrogen-bond donors (Lipinski definition) is 1. The molecule has 0 spiro atoms. The van der Waals surface area contributed by atoms with E-state index >= 15 is 0 Å². The summed E-state index contributed by atoms with van der Waals surface area (Å²) in [5, 5.41) is 0.304. The van der Waals surface area contributed by atoms with Gasteiger partial charge in [-0.1, -0.05) is 41.9 Å². The maximum atomic E-state index is 12.8. The molecule has 7 nitrogen and oxygen atoms in total. The van der Waals surface area contributed by atoms with Gasteiger partial charge in [-0.25, -0.2) is 19.7 Å². The van der Waals surface area contributed by atoms with E-state index in [1.165, 1.54) is 13.3 Å². The predicted octanol–water partition coefficient (Wildman–Crippen LogP) is 3.80. The number of benzene rings is 1. The predicted molar refractivity (Wildman–Crippen MR) is 110 cm³/mol. The van der Waals surface area contributed by atoms with Crippen LogP contribution in [-0.4, -0.2) is 33.0 Å². The molecule has 0 saturated heterocycles. The minimum Gasteiger partial charge on any atom is -0.465 e. The van der Waals surface area contributed by atoms with Crippen LogP contribution in [0.2, 0.25) is 5.15 Å². The minimum atomic E-state index is -0.744. The summed E-state index contributed by atoms with van der Waals surface area (Å²) in [7, 11) is 1.21. The van der Waals surface area contributed by atoms with Gasteiger partial charge in [-0.05, 0) is 19.1 Å². The number of ether oxygens (including phenoxy) is 1. The first-order valence-electron chi connectivity index (χ1n) is 8.69. The number of nitrogens with zero attached hydrogens (tertiary/aromatic N) is 3. The van der Waals surface area contributed by atoms with Crippen LogP contribution >= 0.6 is 11.6 Å². The van der Waals surface area contributed by atoms with E-state index < -0.39 is 11.4 Å². The Labute approximate surface area is 170 Å². The van der Waals surface area contributed by atoms with Gasteiger partial charge in [0.2, 0.25) is 5.43 Å². The number of rotatable bonds is 3. The number of carbonyl (C=O) groups is 1. The summed E-state index contributed by atoms with van der Waals surface area (Å²) in [4.78, 5) is 41.0. The molecule has 0 amide bonds. The van der Waals surface area contributed by atoms with Gasteiger partial charge in [-0.2, -0.15) is 0 Å². The molecule has 4 aromatic rings. The number of methoxy groups -OCH3 is 1. The Morgan fingerprint density at radius 2 is 1.76 bits per heavy atom. The summed E-state index contributed by atoms with van der Waals surface area (Å²) in [5.41, 5.74) is 2.82. The quantitative estimate of drug-likeness (QED) is 0.410. The second-order valence-corrected chi connectivity index (χ2v) is 6.71. The molecule has 0 bridgehead atoms. The summed E-state index contributed by atoms with van der Waals surface area (Å²) in [6.07, 6.45) is 1.28. The zero-order valence-electron chi connectivity index (χ0n) is 15.6. The van der Waals surface area contributed by atoms with Gasteiger partial charge in [0, 0.05) is 23.0 Å². The Balaban J connectivity index is 2.08. The van der Waals surface area contributed by atoms with Crippen molar-refractivity contribution in [1.82, 2.24) is 19.9 Å². The molecule has 0 fully saturated rings. The fraction of sp³-hybridized carbons (Fsp3) is 0.0952. The molecule has 0 unspecified atom stereocenters. The molecule has 0 aliphatic carbocycles. The van der Waals surface area contributed by atoms with E-state index in [4.69, 9.17) is 11.6 Å². The van der Waals surface area contributed by atoms with Crippen LogP contribution in [0.1, 0.15) is 16.1 Å². The van der Waals surface area contributed by atoms with Gasteiger partial charge in [0.1, 0.15) is 10.7 Å². The molecule has 144 valence electrons. The molecule has 1 N–H and O–H groups in total. The van der Waals surface area contributed by atoms with Crippen LogP contribution in [0.3, 0.4) is 0 Å². The molecule has 8 heteroatoms. The first-order chi connectivity index (χ1) is 14.0. The average Bonchev–Trinajstić information content (AvgIpc) is 2.72. The lowest BCUT2D eigenvalue weighted by Gasteiger charge is -2.11. The number of aromatic nitrogens is 4. The van der Waals surface area contributed by atoms with Crippen molar-refractivity contribution >= 4 is 28.7 Å². The zero-order chi connectivity index (χ0) is 20.5. The van der Waals surface area contributed by atoms with Crippen molar-refractivity contribution in [3.63, 3.8) is 0 Å². The van der Waals surface area contributed by atoms with Crippen molar-refractivity contribution in [3.05, 3.63) is 75.3 Å². The fourth-order valence-corrected chi connectivity index (χ4v) is 3.30. The number of aryl methyl sites for hydroxylation is 1. The van der Waals surface area contributed by atoms with Gasteiger partial charge in [0.25, 0.3) is 0 Å². The van der Waals surface area contributed by atoms with E-state index in [1.807, 2.05) is 43.3 Å². The summed E-state index contributed by atoms with van der Waals surface area (Å²) in [6, 6.07) is 12.9. The first kappa shape index (κ1) is 18.8. The lowest BCUT2D eigenvalue weighted by atomic mass is 10.0. The monoisotopic (exact) mass is 406 g/mol. The Kier molecular flexibility index (Phi) is 4.82. The number of hydrogen-bond acceptors (Lipinski definition) is 6. The van der Waals surface area contributed by atoms with E-state index in [9.17, 15) is 9.59 Å². The zero-order valence-corrected chi connectivity index (χ0v) is 16.3. The number of carbonyl (C=O) groups excluding carboxylic acids is 1. The minimum absolute atomic E-state index is 0.0353. The third-order valence-corrected chi connectivity index (χ3v) is 4.55. The van der Waals surface area contributed by atoms with E-state index in [2.05, 4.69) is 24.7 Å². The number of esters is 1. The van der Waals surface area contributed by atoms with Crippen LogP contribution in [0.25, 0.3) is 33.7 Å². The molecule has 0 atom stereocenters. The molecule has 0 saturated carbocycles. The molecule has 29 heavy (non-hydrogen) atoms. The van der Waals surface area contributed by atoms with Crippen molar-refractivity contribution in [3.8, 4) is 22.5 Å². The van der Waals surface area contributed by atoms with E-state index in [0.29, 0.717) is 27.8 Å². The van der Waals surface area contributed by atoms with Crippen molar-refractivity contribution in [2.75, 3.05) is 7.11 Å². The molecule has 4 rings (SSSR count). The highest BCUT2D eigenvalue weighted by Gasteiger charge is 2.19. The van der Waals surface area contributed by atoms with Crippen LogP contribution in [0.5, 0.6) is 0 Å². The number of nitrogens with one attached hydrogen (secondary N) is 1. The number of fused-ring (bicyclic) bond motifs is 1. The van der Waals surface area contributed by atoms with E-state index in [1.54, 1.807) is 6.07 Å². The maximum Gasteiger partial charge on any atom is 0.343 e. The Bertz CT molecular complexity index is 1280. The summed E-state index contributed by atoms with van der Waals surface area (Å²) < 4.78 is 4.67. The molecule has 0 radical (unpaired) electrons. The SMILES string of the molecule is COC(=O)c1c[nH]c2nc(-c3ccccc3)c(-c3cc(C)nc(Cl)c3)nc2c1=O. The normalized spacial score (nSPS) is 10.9. The first-order valence-corrected chi connectivity index (χ1v) is 9.07. The van der Waals surface area contributed by atoms with Crippen LogP contribution in [0.4, 0.5) is 0 Å². The maximum absolute atomic E-state index is 12.8. The molecular formula is C21H15ClN4O3. The smallest absolute Gasteiger partial charge is 0.343 e. The lowest BCUT2D eigenvalue weighted by molar-refractivity contribution is 0.0599. The van der Waals surface area contributed by atoms with Gasteiger partial charge >= 0.3 is 5.97 Å². The highest BCUT2D eigenvalue weighted by molar-refractivity contribution is 6.29. The van der Waals surface area contributed by atoms with Crippen LogP contribution < -0.4 is 5.43 Å².